The van der Waals surface area contributed by atoms with Crippen LogP contribution in [0.5, 0.6) is 5.75 Å². The van der Waals surface area contributed by atoms with E-state index in [4.69, 9.17) is 39.5 Å². The van der Waals surface area contributed by atoms with Gasteiger partial charge in [0, 0.05) is 45.7 Å². The van der Waals surface area contributed by atoms with Crippen LogP contribution in [-0.4, -0.2) is 55.8 Å². The average Bonchev–Trinajstić information content (AvgIpc) is 3.13. The second kappa shape index (κ2) is 17.6. The first-order valence-corrected chi connectivity index (χ1v) is 19.5. The van der Waals surface area contributed by atoms with Crippen LogP contribution in [0, 0.1) is 17.0 Å². The molecule has 0 heterocycles. The van der Waals surface area contributed by atoms with Gasteiger partial charge in [-0.3, -0.25) is 24.0 Å². The molecule has 1 aliphatic rings. The summed E-state index contributed by atoms with van der Waals surface area (Å²) in [6.45, 7) is 0.468. The van der Waals surface area contributed by atoms with Crippen molar-refractivity contribution in [2.45, 2.75) is 69.0 Å². The van der Waals surface area contributed by atoms with Gasteiger partial charge in [-0.1, -0.05) is 96.5 Å². The molecule has 0 spiro atoms. The molecule has 1 aliphatic carbocycles. The molecule has 0 aromatic heterocycles. The number of carbonyl (C=O) groups is 2. The number of nitrogens with zero attached hydrogens (tertiary/aromatic N) is 3. The van der Waals surface area contributed by atoms with Crippen LogP contribution in [0.25, 0.3) is 0 Å². The minimum atomic E-state index is -4.72. The molecule has 1 saturated carbocycles. The summed E-state index contributed by atoms with van der Waals surface area (Å²) in [5, 5.41) is 15.8. The Morgan fingerprint density at radius 1 is 0.943 bits per heavy atom. The highest BCUT2D eigenvalue weighted by molar-refractivity contribution is 7.92. The topological polar surface area (TPSA) is 139 Å². The Hall–Kier alpha value is -4.36. The summed E-state index contributed by atoms with van der Waals surface area (Å²) in [5.74, 6) is -1.10. The minimum Gasteiger partial charge on any atom is -0.495 e. The Bertz CT molecular complexity index is 2080. The fourth-order valence-corrected chi connectivity index (χ4v) is 8.45. The standard InChI is InChI=1S/C38H39Cl3N4O7S/c1-25-13-17-31(22-33(25)45(48)49)53(50,51)44(34-21-29(40)16-18-36(34)52-2)24-37(46)43(23-27-14-15-28(39)20-32(27)41)35(19-26-9-5-3-6-10-26)38(47)42-30-11-7-4-8-12-30/h3,5-6,9-10,13-18,20-22,30,35H,4,7-8,11-12,19,23-24H2,1-2H3,(H,42,47)/t35-/m1/s1. The maximum Gasteiger partial charge on any atom is 0.273 e. The van der Waals surface area contributed by atoms with E-state index in [-0.39, 0.29) is 46.1 Å². The molecule has 1 fully saturated rings. The number of hydrogen-bond donors (Lipinski definition) is 1. The first-order valence-electron chi connectivity index (χ1n) is 17.0. The van der Waals surface area contributed by atoms with E-state index < -0.39 is 49.9 Å². The van der Waals surface area contributed by atoms with Crippen LogP contribution >= 0.6 is 34.8 Å². The number of benzene rings is 4. The van der Waals surface area contributed by atoms with Crippen molar-refractivity contribution in [3.05, 3.63) is 127 Å². The third kappa shape index (κ3) is 9.80. The van der Waals surface area contributed by atoms with Gasteiger partial charge in [0.05, 0.1) is 22.6 Å². The summed E-state index contributed by atoms with van der Waals surface area (Å²) >= 11 is 19.2. The molecule has 53 heavy (non-hydrogen) atoms. The van der Waals surface area contributed by atoms with Crippen LogP contribution in [0.15, 0.2) is 89.8 Å². The predicted octanol–water partition coefficient (Wildman–Crippen LogP) is 8.16. The first kappa shape index (κ1) is 39.8. The number of nitro benzene ring substituents is 1. The summed E-state index contributed by atoms with van der Waals surface area (Å²) in [6.07, 6.45) is 4.69. The van der Waals surface area contributed by atoms with Gasteiger partial charge in [0.15, 0.2) is 0 Å². The molecule has 5 rings (SSSR count). The number of sulfonamides is 1. The van der Waals surface area contributed by atoms with Crippen molar-refractivity contribution in [2.75, 3.05) is 18.0 Å². The van der Waals surface area contributed by atoms with Gasteiger partial charge in [-0.05, 0) is 67.3 Å². The van der Waals surface area contributed by atoms with E-state index in [2.05, 4.69) is 5.32 Å². The van der Waals surface area contributed by atoms with Crippen molar-refractivity contribution in [3.8, 4) is 5.75 Å². The molecule has 0 saturated heterocycles. The number of methoxy groups -OCH3 is 1. The minimum absolute atomic E-state index is 0.0653. The second-order valence-electron chi connectivity index (χ2n) is 12.8. The van der Waals surface area contributed by atoms with Crippen LogP contribution in [0.2, 0.25) is 15.1 Å². The summed E-state index contributed by atoms with van der Waals surface area (Å²) < 4.78 is 35.5. The zero-order chi connectivity index (χ0) is 38.3. The summed E-state index contributed by atoms with van der Waals surface area (Å²) in [5.41, 5.74) is 0.973. The quantitative estimate of drug-likeness (QED) is 0.100. The average molecular weight is 802 g/mol. The Morgan fingerprint density at radius 3 is 2.28 bits per heavy atom. The Balaban J connectivity index is 1.65. The number of ether oxygens (including phenoxy) is 1. The van der Waals surface area contributed by atoms with Crippen molar-refractivity contribution in [2.24, 2.45) is 0 Å². The van der Waals surface area contributed by atoms with E-state index >= 15 is 0 Å². The van der Waals surface area contributed by atoms with E-state index in [1.807, 2.05) is 30.3 Å². The highest BCUT2D eigenvalue weighted by Gasteiger charge is 2.37. The highest BCUT2D eigenvalue weighted by Crippen LogP contribution is 2.36. The number of nitrogens with one attached hydrogen (secondary N) is 1. The monoisotopic (exact) mass is 800 g/mol. The largest absolute Gasteiger partial charge is 0.495 e. The van der Waals surface area contributed by atoms with Gasteiger partial charge in [0.2, 0.25) is 11.8 Å². The molecular formula is C38H39Cl3N4O7S. The number of amides is 2. The predicted molar refractivity (Wildman–Crippen MR) is 206 cm³/mol. The van der Waals surface area contributed by atoms with Crippen LogP contribution in [0.1, 0.15) is 48.8 Å². The fourth-order valence-electron chi connectivity index (χ4n) is 6.38. The lowest BCUT2D eigenvalue weighted by Gasteiger charge is -2.35. The number of anilines is 1. The van der Waals surface area contributed by atoms with Crippen molar-refractivity contribution in [1.29, 1.82) is 0 Å². The van der Waals surface area contributed by atoms with Crippen molar-refractivity contribution in [3.63, 3.8) is 0 Å². The molecule has 2 amide bonds. The zero-order valence-electron chi connectivity index (χ0n) is 29.1. The third-order valence-corrected chi connectivity index (χ3v) is 11.8. The van der Waals surface area contributed by atoms with Crippen molar-refractivity contribution < 1.29 is 27.7 Å². The molecule has 0 unspecified atom stereocenters. The molecule has 1 atom stereocenters. The molecule has 4 aromatic carbocycles. The van der Waals surface area contributed by atoms with Gasteiger partial charge in [-0.2, -0.15) is 0 Å². The Kier molecular flexibility index (Phi) is 13.3. The molecule has 1 N–H and O–H groups in total. The maximum atomic E-state index is 14.9. The highest BCUT2D eigenvalue weighted by atomic mass is 35.5. The van der Waals surface area contributed by atoms with Gasteiger partial charge in [-0.15, -0.1) is 0 Å². The van der Waals surface area contributed by atoms with Crippen molar-refractivity contribution >= 4 is 68.0 Å². The molecule has 4 aromatic rings. The lowest BCUT2D eigenvalue weighted by Crippen LogP contribution is -2.55. The van der Waals surface area contributed by atoms with E-state index in [0.29, 0.717) is 10.6 Å². The van der Waals surface area contributed by atoms with Crippen molar-refractivity contribution in [1.82, 2.24) is 10.2 Å². The summed E-state index contributed by atoms with van der Waals surface area (Å²) in [6, 6.07) is 20.5. The molecule has 11 nitrogen and oxygen atoms in total. The van der Waals surface area contributed by atoms with E-state index in [1.54, 1.807) is 12.1 Å². The van der Waals surface area contributed by atoms with Crippen LogP contribution < -0.4 is 14.4 Å². The van der Waals surface area contributed by atoms with Crippen LogP contribution in [0.3, 0.4) is 0 Å². The number of hydrogen-bond acceptors (Lipinski definition) is 7. The molecule has 280 valence electrons. The van der Waals surface area contributed by atoms with Gasteiger partial charge >= 0.3 is 0 Å². The lowest BCUT2D eigenvalue weighted by molar-refractivity contribution is -0.385. The van der Waals surface area contributed by atoms with E-state index in [1.165, 1.54) is 55.3 Å². The third-order valence-electron chi connectivity index (χ3n) is 9.23. The number of carbonyl (C=O) groups excluding carboxylic acids is 2. The lowest BCUT2D eigenvalue weighted by atomic mass is 9.94. The van der Waals surface area contributed by atoms with Gasteiger partial charge in [0.25, 0.3) is 15.7 Å². The molecular weight excluding hydrogens is 763 g/mol. The molecule has 0 aliphatic heterocycles. The van der Waals surface area contributed by atoms with Gasteiger partial charge < -0.3 is 15.0 Å². The molecule has 15 heteroatoms. The SMILES string of the molecule is COc1ccc(Cl)cc1N(CC(=O)N(Cc1ccc(Cl)cc1Cl)[C@H](Cc1ccccc1)C(=O)NC1CCCCC1)S(=O)(=O)c1ccc(C)c([N+](=O)[O-])c1. The second-order valence-corrected chi connectivity index (χ2v) is 16.0. The number of aryl methyl sites for hydroxylation is 1. The van der Waals surface area contributed by atoms with Gasteiger partial charge in [0.1, 0.15) is 18.3 Å². The molecule has 0 bridgehead atoms. The smallest absolute Gasteiger partial charge is 0.273 e. The van der Waals surface area contributed by atoms with Crippen LogP contribution in [0.4, 0.5) is 11.4 Å². The number of halogens is 3. The summed E-state index contributed by atoms with van der Waals surface area (Å²) in [4.78, 5) is 41.3. The number of rotatable bonds is 14. The maximum absolute atomic E-state index is 14.9. The first-order chi connectivity index (χ1) is 25.3. The zero-order valence-corrected chi connectivity index (χ0v) is 32.2. The number of nitro groups is 1. The normalized spacial score (nSPS) is 13.9. The molecule has 0 radical (unpaired) electrons. The van der Waals surface area contributed by atoms with Crippen LogP contribution in [-0.2, 0) is 32.6 Å². The Morgan fingerprint density at radius 2 is 1.62 bits per heavy atom. The fraction of sp³-hybridized carbons (Fsp3) is 0.316. The summed E-state index contributed by atoms with van der Waals surface area (Å²) in [7, 11) is -3.39. The van der Waals surface area contributed by atoms with E-state index in [9.17, 15) is 28.1 Å². The Labute approximate surface area is 324 Å². The van der Waals surface area contributed by atoms with Gasteiger partial charge in [-0.25, -0.2) is 8.42 Å². The van der Waals surface area contributed by atoms with E-state index in [0.717, 1.165) is 48.0 Å².